The highest BCUT2D eigenvalue weighted by Crippen LogP contribution is 2.24. The van der Waals surface area contributed by atoms with Gasteiger partial charge in [-0.2, -0.15) is 0 Å². The van der Waals surface area contributed by atoms with E-state index in [1.807, 2.05) is 18.2 Å². The van der Waals surface area contributed by atoms with Crippen LogP contribution in [-0.2, 0) is 16.1 Å². The highest BCUT2D eigenvalue weighted by atomic mass is 35.5. The molecule has 2 aromatic carbocycles. The quantitative estimate of drug-likeness (QED) is 0.724. The lowest BCUT2D eigenvalue weighted by atomic mass is 10.2. The molecule has 0 aliphatic rings. The highest BCUT2D eigenvalue weighted by molar-refractivity contribution is 6.42. The summed E-state index contributed by atoms with van der Waals surface area (Å²) < 4.78 is 0. The smallest absolute Gasteiger partial charge is 0.238 e. The molecule has 0 saturated carbocycles. The molecule has 2 rings (SSSR count). The molecule has 0 unspecified atom stereocenters. The van der Waals surface area contributed by atoms with Gasteiger partial charge in [0.05, 0.1) is 23.1 Å². The fourth-order valence-electron chi connectivity index (χ4n) is 2.21. The average molecular weight is 415 g/mol. The average Bonchev–Trinajstić information content (AvgIpc) is 2.57. The van der Waals surface area contributed by atoms with E-state index in [2.05, 4.69) is 10.6 Å². The van der Waals surface area contributed by atoms with Crippen molar-refractivity contribution >= 4 is 52.3 Å². The minimum Gasteiger partial charge on any atom is -0.351 e. The first-order valence-corrected chi connectivity index (χ1v) is 8.92. The van der Waals surface area contributed by atoms with E-state index in [-0.39, 0.29) is 24.9 Å². The fourth-order valence-corrected chi connectivity index (χ4v) is 2.71. The van der Waals surface area contributed by atoms with Gasteiger partial charge in [0.15, 0.2) is 0 Å². The molecule has 2 amide bonds. The van der Waals surface area contributed by atoms with Crippen molar-refractivity contribution in [3.63, 3.8) is 0 Å². The van der Waals surface area contributed by atoms with Crippen LogP contribution in [0.1, 0.15) is 5.56 Å². The molecule has 0 fully saturated rings. The second kappa shape index (κ2) is 9.78. The topological polar surface area (TPSA) is 61.4 Å². The largest absolute Gasteiger partial charge is 0.351 e. The van der Waals surface area contributed by atoms with Crippen LogP contribution in [0.4, 0.5) is 5.69 Å². The van der Waals surface area contributed by atoms with E-state index in [1.165, 1.54) is 0 Å². The van der Waals surface area contributed by atoms with Gasteiger partial charge in [-0.1, -0.05) is 53.0 Å². The number of anilines is 1. The molecule has 0 saturated heterocycles. The molecule has 5 nitrogen and oxygen atoms in total. The Kier molecular flexibility index (Phi) is 7.72. The van der Waals surface area contributed by atoms with Crippen molar-refractivity contribution in [3.05, 3.63) is 63.1 Å². The van der Waals surface area contributed by atoms with Crippen molar-refractivity contribution in [2.75, 3.05) is 25.5 Å². The number of rotatable bonds is 7. The molecule has 0 aliphatic carbocycles. The van der Waals surface area contributed by atoms with Crippen LogP contribution in [0.3, 0.4) is 0 Å². The third kappa shape index (κ3) is 6.50. The van der Waals surface area contributed by atoms with Crippen LogP contribution in [0.5, 0.6) is 0 Å². The Bertz CT molecular complexity index is 799. The Balaban J connectivity index is 1.77. The molecule has 2 N–H and O–H groups in total. The van der Waals surface area contributed by atoms with Crippen molar-refractivity contribution in [2.45, 2.75) is 6.54 Å². The van der Waals surface area contributed by atoms with Crippen LogP contribution in [0.25, 0.3) is 0 Å². The first-order valence-electron chi connectivity index (χ1n) is 7.78. The molecule has 26 heavy (non-hydrogen) atoms. The highest BCUT2D eigenvalue weighted by Gasteiger charge is 2.12. The molecule has 0 aromatic heterocycles. The minimum atomic E-state index is -0.259. The number of halogens is 3. The summed E-state index contributed by atoms with van der Waals surface area (Å²) in [5.74, 6) is -0.459. The first kappa shape index (κ1) is 20.5. The molecule has 0 atom stereocenters. The van der Waals surface area contributed by atoms with Gasteiger partial charge in [-0.3, -0.25) is 14.5 Å². The number of benzene rings is 2. The number of likely N-dealkylation sites (N-methyl/N-ethyl adjacent to an activating group) is 1. The molecule has 0 spiro atoms. The van der Waals surface area contributed by atoms with Crippen molar-refractivity contribution in [3.8, 4) is 0 Å². The van der Waals surface area contributed by atoms with E-state index < -0.39 is 0 Å². The van der Waals surface area contributed by atoms with Gasteiger partial charge in [0, 0.05) is 17.3 Å². The van der Waals surface area contributed by atoms with E-state index >= 15 is 0 Å². The van der Waals surface area contributed by atoms with Gasteiger partial charge < -0.3 is 10.6 Å². The predicted molar refractivity (Wildman–Crippen MR) is 106 cm³/mol. The van der Waals surface area contributed by atoms with Gasteiger partial charge in [-0.25, -0.2) is 0 Å². The van der Waals surface area contributed by atoms with Crippen molar-refractivity contribution in [1.29, 1.82) is 0 Å². The van der Waals surface area contributed by atoms with Crippen molar-refractivity contribution in [1.82, 2.24) is 10.2 Å². The zero-order chi connectivity index (χ0) is 19.1. The van der Waals surface area contributed by atoms with Crippen LogP contribution in [0, 0.1) is 0 Å². The van der Waals surface area contributed by atoms with Crippen LogP contribution in [0.2, 0.25) is 15.1 Å². The zero-order valence-electron chi connectivity index (χ0n) is 14.1. The lowest BCUT2D eigenvalue weighted by molar-refractivity contribution is -0.123. The van der Waals surface area contributed by atoms with E-state index in [1.54, 1.807) is 36.2 Å². The monoisotopic (exact) mass is 413 g/mol. The zero-order valence-corrected chi connectivity index (χ0v) is 16.3. The Hall–Kier alpha value is -1.79. The summed E-state index contributed by atoms with van der Waals surface area (Å²) in [6, 6.07) is 12.1. The second-order valence-corrected chi connectivity index (χ2v) is 6.94. The summed E-state index contributed by atoms with van der Waals surface area (Å²) in [5.41, 5.74) is 1.38. The van der Waals surface area contributed by atoms with E-state index in [4.69, 9.17) is 34.8 Å². The van der Waals surface area contributed by atoms with E-state index in [0.717, 1.165) is 5.56 Å². The maximum Gasteiger partial charge on any atom is 0.238 e. The number of carbonyl (C=O) groups excluding carboxylic acids is 2. The number of amides is 2. The molecular formula is C18H18Cl3N3O2. The van der Waals surface area contributed by atoms with E-state index in [0.29, 0.717) is 27.3 Å². The van der Waals surface area contributed by atoms with Gasteiger partial charge in [0.25, 0.3) is 0 Å². The number of hydrogen-bond donors (Lipinski definition) is 2. The third-order valence-corrected chi connectivity index (χ3v) is 4.57. The van der Waals surface area contributed by atoms with Crippen molar-refractivity contribution < 1.29 is 9.59 Å². The molecule has 0 bridgehead atoms. The number of hydrogen-bond acceptors (Lipinski definition) is 3. The molecule has 2 aromatic rings. The lowest BCUT2D eigenvalue weighted by Gasteiger charge is -2.16. The summed E-state index contributed by atoms with van der Waals surface area (Å²) in [5, 5.41) is 6.86. The molecule has 0 aliphatic heterocycles. The number of nitrogens with one attached hydrogen (secondary N) is 2. The van der Waals surface area contributed by atoms with E-state index in [9.17, 15) is 9.59 Å². The third-order valence-electron chi connectivity index (χ3n) is 3.46. The Morgan fingerprint density at radius 2 is 1.62 bits per heavy atom. The standard InChI is InChI=1S/C18H18Cl3N3O2/c1-24(10-17(25)22-9-12-4-2-3-5-14(12)19)11-18(26)23-13-6-7-15(20)16(21)8-13/h2-8H,9-11H2,1H3,(H,22,25)(H,23,26). The molecule has 0 heterocycles. The first-order chi connectivity index (χ1) is 12.3. The lowest BCUT2D eigenvalue weighted by Crippen LogP contribution is -2.38. The molecule has 0 radical (unpaired) electrons. The minimum absolute atomic E-state index is 0.0553. The predicted octanol–water partition coefficient (Wildman–Crippen LogP) is 3.83. The SMILES string of the molecule is CN(CC(=O)NCc1ccccc1Cl)CC(=O)Nc1ccc(Cl)c(Cl)c1. The molecular weight excluding hydrogens is 397 g/mol. The van der Waals surface area contributed by atoms with Gasteiger partial charge in [-0.05, 0) is 36.9 Å². The summed E-state index contributed by atoms with van der Waals surface area (Å²) in [7, 11) is 1.68. The van der Waals surface area contributed by atoms with Crippen LogP contribution >= 0.6 is 34.8 Å². The summed E-state index contributed by atoms with van der Waals surface area (Å²) in [4.78, 5) is 25.7. The summed E-state index contributed by atoms with van der Waals surface area (Å²) in [6.07, 6.45) is 0. The maximum atomic E-state index is 12.0. The van der Waals surface area contributed by atoms with Crippen LogP contribution < -0.4 is 10.6 Å². The number of carbonyl (C=O) groups is 2. The van der Waals surface area contributed by atoms with Gasteiger partial charge in [0.2, 0.25) is 11.8 Å². The summed E-state index contributed by atoms with van der Waals surface area (Å²) in [6.45, 7) is 0.473. The van der Waals surface area contributed by atoms with Gasteiger partial charge >= 0.3 is 0 Å². The van der Waals surface area contributed by atoms with Crippen molar-refractivity contribution in [2.24, 2.45) is 0 Å². The van der Waals surface area contributed by atoms with Crippen LogP contribution in [0.15, 0.2) is 42.5 Å². The second-order valence-electron chi connectivity index (χ2n) is 5.72. The Labute approximate surface area is 167 Å². The maximum absolute atomic E-state index is 12.0. The Morgan fingerprint density at radius 1 is 0.923 bits per heavy atom. The summed E-state index contributed by atoms with van der Waals surface area (Å²) >= 11 is 17.8. The normalized spacial score (nSPS) is 10.7. The van der Waals surface area contributed by atoms with Gasteiger partial charge in [0.1, 0.15) is 0 Å². The van der Waals surface area contributed by atoms with Gasteiger partial charge in [-0.15, -0.1) is 0 Å². The van der Waals surface area contributed by atoms with Crippen LogP contribution in [-0.4, -0.2) is 36.9 Å². The molecule has 138 valence electrons. The molecule has 8 heteroatoms. The fraction of sp³-hybridized carbons (Fsp3) is 0.222. The Morgan fingerprint density at radius 3 is 2.31 bits per heavy atom. The number of nitrogens with zero attached hydrogens (tertiary/aromatic N) is 1.